The van der Waals surface area contributed by atoms with E-state index in [1.54, 1.807) is 0 Å². The molecule has 0 amide bonds. The topological polar surface area (TPSA) is 47.3 Å². The summed E-state index contributed by atoms with van der Waals surface area (Å²) < 4.78 is 5.71. The molecule has 3 heteroatoms. The van der Waals surface area contributed by atoms with Crippen molar-refractivity contribution in [1.82, 2.24) is 5.32 Å². The normalized spacial score (nSPS) is 13.1. The van der Waals surface area contributed by atoms with Crippen LogP contribution in [0.3, 0.4) is 0 Å². The zero-order chi connectivity index (χ0) is 13.5. The summed E-state index contributed by atoms with van der Waals surface area (Å²) >= 11 is 0. The van der Waals surface area contributed by atoms with Gasteiger partial charge in [-0.25, -0.2) is 0 Å². The molecule has 3 nitrogen and oxygen atoms in total. The lowest BCUT2D eigenvalue weighted by molar-refractivity contribution is 0.242. The molecule has 1 aromatic rings. The number of nitrogens with one attached hydrogen (secondary N) is 1. The van der Waals surface area contributed by atoms with Crippen molar-refractivity contribution in [3.63, 3.8) is 0 Å². The molecule has 3 N–H and O–H groups in total. The summed E-state index contributed by atoms with van der Waals surface area (Å²) in [5.74, 6) is 1.53. The summed E-state index contributed by atoms with van der Waals surface area (Å²) in [4.78, 5) is 0. The lowest BCUT2D eigenvalue weighted by atomic mass is 10.1. The molecule has 0 spiro atoms. The minimum Gasteiger partial charge on any atom is -0.491 e. The van der Waals surface area contributed by atoms with Crippen LogP contribution in [0.1, 0.15) is 39.3 Å². The van der Waals surface area contributed by atoms with Gasteiger partial charge in [-0.15, -0.1) is 0 Å². The van der Waals surface area contributed by atoms with Gasteiger partial charge in [0.15, 0.2) is 0 Å². The smallest absolute Gasteiger partial charge is 0.120 e. The van der Waals surface area contributed by atoms with Crippen molar-refractivity contribution in [2.24, 2.45) is 11.7 Å². The van der Waals surface area contributed by atoms with Crippen molar-refractivity contribution in [1.29, 1.82) is 0 Å². The van der Waals surface area contributed by atoms with Crippen LogP contribution < -0.4 is 15.8 Å². The zero-order valence-corrected chi connectivity index (χ0v) is 11.9. The number of rotatable bonds is 7. The van der Waals surface area contributed by atoms with E-state index in [9.17, 15) is 0 Å². The quantitative estimate of drug-likeness (QED) is 0.782. The third-order valence-corrected chi connectivity index (χ3v) is 2.64. The SMILES string of the molecule is CC(C)CNC(CN)c1cccc(OC(C)C)c1. The Morgan fingerprint density at radius 3 is 2.50 bits per heavy atom. The molecule has 1 aromatic carbocycles. The minimum absolute atomic E-state index is 0.195. The Morgan fingerprint density at radius 2 is 1.94 bits per heavy atom. The third-order valence-electron chi connectivity index (χ3n) is 2.64. The molecule has 102 valence electrons. The van der Waals surface area contributed by atoms with Gasteiger partial charge < -0.3 is 15.8 Å². The maximum absolute atomic E-state index is 5.84. The van der Waals surface area contributed by atoms with Crippen molar-refractivity contribution in [3.8, 4) is 5.75 Å². The molecule has 0 aliphatic heterocycles. The number of nitrogens with two attached hydrogens (primary N) is 1. The predicted octanol–water partition coefficient (Wildman–Crippen LogP) is 2.72. The monoisotopic (exact) mass is 250 g/mol. The summed E-state index contributed by atoms with van der Waals surface area (Å²) in [5, 5.41) is 3.49. The fraction of sp³-hybridized carbons (Fsp3) is 0.600. The van der Waals surface area contributed by atoms with E-state index in [0.717, 1.165) is 12.3 Å². The van der Waals surface area contributed by atoms with Crippen LogP contribution in [-0.2, 0) is 0 Å². The first kappa shape index (κ1) is 15.0. The van der Waals surface area contributed by atoms with Gasteiger partial charge in [0, 0.05) is 12.6 Å². The highest BCUT2D eigenvalue weighted by molar-refractivity contribution is 5.31. The van der Waals surface area contributed by atoms with E-state index in [-0.39, 0.29) is 12.1 Å². The van der Waals surface area contributed by atoms with Crippen LogP contribution in [-0.4, -0.2) is 19.2 Å². The zero-order valence-electron chi connectivity index (χ0n) is 11.9. The van der Waals surface area contributed by atoms with Crippen molar-refractivity contribution >= 4 is 0 Å². The lowest BCUT2D eigenvalue weighted by Gasteiger charge is -2.20. The molecule has 1 rings (SSSR count). The molecule has 1 unspecified atom stereocenters. The Morgan fingerprint density at radius 1 is 1.22 bits per heavy atom. The fourth-order valence-electron chi connectivity index (χ4n) is 1.79. The van der Waals surface area contributed by atoms with E-state index in [1.807, 2.05) is 26.0 Å². The van der Waals surface area contributed by atoms with Crippen LogP contribution in [0.5, 0.6) is 5.75 Å². The second-order valence-electron chi connectivity index (χ2n) is 5.33. The van der Waals surface area contributed by atoms with Crippen LogP contribution in [0.25, 0.3) is 0 Å². The molecule has 0 radical (unpaired) electrons. The van der Waals surface area contributed by atoms with Crippen LogP contribution in [0.4, 0.5) is 0 Å². The maximum atomic E-state index is 5.84. The molecule has 0 saturated heterocycles. The van der Waals surface area contributed by atoms with E-state index < -0.39 is 0 Å². The summed E-state index contributed by atoms with van der Waals surface area (Å²) in [5.41, 5.74) is 7.03. The van der Waals surface area contributed by atoms with Crippen molar-refractivity contribution in [2.75, 3.05) is 13.1 Å². The van der Waals surface area contributed by atoms with Gasteiger partial charge in [0.2, 0.25) is 0 Å². The Kier molecular flexibility index (Phi) is 6.16. The molecule has 1 atom stereocenters. The average molecular weight is 250 g/mol. The van der Waals surface area contributed by atoms with Crippen molar-refractivity contribution in [2.45, 2.75) is 39.8 Å². The van der Waals surface area contributed by atoms with Crippen LogP contribution in [0.15, 0.2) is 24.3 Å². The molecule has 0 saturated carbocycles. The summed E-state index contributed by atoms with van der Waals surface area (Å²) in [6.07, 6.45) is 0.195. The van der Waals surface area contributed by atoms with Gasteiger partial charge >= 0.3 is 0 Å². The predicted molar refractivity (Wildman–Crippen MR) is 76.8 cm³/mol. The van der Waals surface area contributed by atoms with E-state index in [1.165, 1.54) is 5.56 Å². The van der Waals surface area contributed by atoms with E-state index >= 15 is 0 Å². The molecule has 0 bridgehead atoms. The number of hydrogen-bond acceptors (Lipinski definition) is 3. The highest BCUT2D eigenvalue weighted by Gasteiger charge is 2.10. The molecule has 0 heterocycles. The number of ether oxygens (including phenoxy) is 1. The summed E-state index contributed by atoms with van der Waals surface area (Å²) in [6.45, 7) is 10.0. The summed E-state index contributed by atoms with van der Waals surface area (Å²) in [7, 11) is 0. The third kappa shape index (κ3) is 5.07. The Hall–Kier alpha value is -1.06. The van der Waals surface area contributed by atoms with Gasteiger partial charge in [-0.2, -0.15) is 0 Å². The Balaban J connectivity index is 2.72. The van der Waals surface area contributed by atoms with Gasteiger partial charge in [-0.1, -0.05) is 26.0 Å². The van der Waals surface area contributed by atoms with Gasteiger partial charge in [0.25, 0.3) is 0 Å². The summed E-state index contributed by atoms with van der Waals surface area (Å²) in [6, 6.07) is 8.37. The molecule has 0 aliphatic carbocycles. The Labute approximate surface area is 111 Å². The highest BCUT2D eigenvalue weighted by Crippen LogP contribution is 2.20. The van der Waals surface area contributed by atoms with Gasteiger partial charge in [0.1, 0.15) is 5.75 Å². The molecular formula is C15H26N2O. The first-order valence-corrected chi connectivity index (χ1v) is 6.73. The van der Waals surface area contributed by atoms with Gasteiger partial charge in [0.05, 0.1) is 6.10 Å². The van der Waals surface area contributed by atoms with Gasteiger partial charge in [-0.05, 0) is 44.0 Å². The number of benzene rings is 1. The lowest BCUT2D eigenvalue weighted by Crippen LogP contribution is -2.31. The number of hydrogen-bond donors (Lipinski definition) is 2. The van der Waals surface area contributed by atoms with E-state index in [4.69, 9.17) is 10.5 Å². The molecule has 18 heavy (non-hydrogen) atoms. The van der Waals surface area contributed by atoms with Crippen LogP contribution in [0.2, 0.25) is 0 Å². The first-order chi connectivity index (χ1) is 8.52. The second kappa shape index (κ2) is 7.39. The van der Waals surface area contributed by atoms with Crippen LogP contribution >= 0.6 is 0 Å². The Bertz CT molecular complexity index is 350. The van der Waals surface area contributed by atoms with Gasteiger partial charge in [-0.3, -0.25) is 0 Å². The fourth-order valence-corrected chi connectivity index (χ4v) is 1.79. The molecule has 0 aromatic heterocycles. The average Bonchev–Trinajstić information content (AvgIpc) is 2.29. The second-order valence-corrected chi connectivity index (χ2v) is 5.33. The molecule has 0 fully saturated rings. The van der Waals surface area contributed by atoms with E-state index in [0.29, 0.717) is 12.5 Å². The van der Waals surface area contributed by atoms with Crippen molar-refractivity contribution < 1.29 is 4.74 Å². The van der Waals surface area contributed by atoms with Crippen molar-refractivity contribution in [3.05, 3.63) is 29.8 Å². The standard InChI is InChI=1S/C15H26N2O/c1-11(2)10-17-15(9-16)13-6-5-7-14(8-13)18-12(3)4/h5-8,11-12,15,17H,9-10,16H2,1-4H3. The first-order valence-electron chi connectivity index (χ1n) is 6.73. The molecule has 0 aliphatic rings. The minimum atomic E-state index is 0.195. The molecular weight excluding hydrogens is 224 g/mol. The van der Waals surface area contributed by atoms with E-state index in [2.05, 4.69) is 31.3 Å². The maximum Gasteiger partial charge on any atom is 0.120 e. The van der Waals surface area contributed by atoms with Crippen LogP contribution in [0, 0.1) is 5.92 Å². The highest BCUT2D eigenvalue weighted by atomic mass is 16.5. The largest absolute Gasteiger partial charge is 0.491 e.